The maximum atomic E-state index is 12.1. The summed E-state index contributed by atoms with van der Waals surface area (Å²) in [6.07, 6.45) is -0.730. The first-order valence-corrected chi connectivity index (χ1v) is 6.43. The van der Waals surface area contributed by atoms with Gasteiger partial charge in [-0.3, -0.25) is 0 Å². The zero-order valence-corrected chi connectivity index (χ0v) is 10.4. The predicted molar refractivity (Wildman–Crippen MR) is 61.0 cm³/mol. The quantitative estimate of drug-likeness (QED) is 0.752. The standard InChI is InChI=1S/C12H22F3NO/c1-2-16-10(5-3-7-12(13,14)15)9-11-6-4-8-17-11/h10-11,16H,2-9H2,1H3. The summed E-state index contributed by atoms with van der Waals surface area (Å²) >= 11 is 0. The summed E-state index contributed by atoms with van der Waals surface area (Å²) in [6.45, 7) is 3.57. The largest absolute Gasteiger partial charge is 0.389 e. The predicted octanol–water partition coefficient (Wildman–Crippen LogP) is 3.27. The van der Waals surface area contributed by atoms with Crippen LogP contribution in [-0.2, 0) is 4.74 Å². The molecule has 1 rings (SSSR count). The Labute approximate surface area is 101 Å². The summed E-state index contributed by atoms with van der Waals surface area (Å²) in [6, 6.07) is 0.158. The molecule has 17 heavy (non-hydrogen) atoms. The van der Waals surface area contributed by atoms with Crippen molar-refractivity contribution < 1.29 is 17.9 Å². The third-order valence-electron chi connectivity index (χ3n) is 3.08. The van der Waals surface area contributed by atoms with Crippen LogP contribution in [0.1, 0.15) is 45.4 Å². The topological polar surface area (TPSA) is 21.3 Å². The fraction of sp³-hybridized carbons (Fsp3) is 1.00. The van der Waals surface area contributed by atoms with Crippen LogP contribution >= 0.6 is 0 Å². The molecule has 0 saturated carbocycles. The monoisotopic (exact) mass is 253 g/mol. The van der Waals surface area contributed by atoms with Crippen LogP contribution in [0.5, 0.6) is 0 Å². The number of ether oxygens (including phenoxy) is 1. The molecule has 1 aliphatic rings. The molecule has 1 N–H and O–H groups in total. The van der Waals surface area contributed by atoms with Gasteiger partial charge >= 0.3 is 6.18 Å². The lowest BCUT2D eigenvalue weighted by atomic mass is 10.0. The minimum atomic E-state index is -4.03. The molecule has 2 unspecified atom stereocenters. The fourth-order valence-corrected chi connectivity index (χ4v) is 2.29. The molecule has 1 aliphatic heterocycles. The average molecular weight is 253 g/mol. The summed E-state index contributed by atoms with van der Waals surface area (Å²) in [5, 5.41) is 3.25. The molecule has 1 saturated heterocycles. The summed E-state index contributed by atoms with van der Waals surface area (Å²) in [4.78, 5) is 0. The highest BCUT2D eigenvalue weighted by molar-refractivity contribution is 4.75. The summed E-state index contributed by atoms with van der Waals surface area (Å²) in [7, 11) is 0. The van der Waals surface area contributed by atoms with Crippen LogP contribution < -0.4 is 5.32 Å². The molecule has 2 nitrogen and oxygen atoms in total. The van der Waals surface area contributed by atoms with Crippen molar-refractivity contribution in [3.05, 3.63) is 0 Å². The molecular weight excluding hydrogens is 231 g/mol. The summed E-state index contributed by atoms with van der Waals surface area (Å²) < 4.78 is 41.7. The molecule has 102 valence electrons. The molecule has 1 fully saturated rings. The Kier molecular flexibility index (Phi) is 6.27. The number of hydrogen-bond acceptors (Lipinski definition) is 2. The molecular formula is C12H22F3NO. The Balaban J connectivity index is 2.22. The Bertz CT molecular complexity index is 202. The Morgan fingerprint density at radius 2 is 2.18 bits per heavy atom. The van der Waals surface area contributed by atoms with Crippen molar-refractivity contribution >= 4 is 0 Å². The number of rotatable bonds is 7. The Morgan fingerprint density at radius 3 is 2.71 bits per heavy atom. The van der Waals surface area contributed by atoms with E-state index in [0.29, 0.717) is 6.42 Å². The van der Waals surface area contributed by atoms with Crippen molar-refractivity contribution in [2.75, 3.05) is 13.2 Å². The first-order valence-electron chi connectivity index (χ1n) is 6.43. The van der Waals surface area contributed by atoms with E-state index >= 15 is 0 Å². The lowest BCUT2D eigenvalue weighted by molar-refractivity contribution is -0.135. The van der Waals surface area contributed by atoms with Crippen molar-refractivity contribution in [3.8, 4) is 0 Å². The van der Waals surface area contributed by atoms with Gasteiger partial charge in [-0.2, -0.15) is 13.2 Å². The van der Waals surface area contributed by atoms with Crippen molar-refractivity contribution in [3.63, 3.8) is 0 Å². The van der Waals surface area contributed by atoms with Crippen LogP contribution in [0.15, 0.2) is 0 Å². The molecule has 0 aromatic rings. The minimum absolute atomic E-state index is 0.158. The van der Waals surface area contributed by atoms with E-state index in [9.17, 15) is 13.2 Å². The Hall–Kier alpha value is -0.290. The molecule has 1 heterocycles. The highest BCUT2D eigenvalue weighted by Crippen LogP contribution is 2.24. The number of halogens is 3. The maximum Gasteiger partial charge on any atom is 0.389 e. The highest BCUT2D eigenvalue weighted by atomic mass is 19.4. The Morgan fingerprint density at radius 1 is 1.41 bits per heavy atom. The zero-order valence-electron chi connectivity index (χ0n) is 10.4. The van der Waals surface area contributed by atoms with Crippen LogP contribution in [0.3, 0.4) is 0 Å². The lowest BCUT2D eigenvalue weighted by Crippen LogP contribution is -2.32. The van der Waals surface area contributed by atoms with Crippen LogP contribution in [0.25, 0.3) is 0 Å². The molecule has 0 bridgehead atoms. The van der Waals surface area contributed by atoms with Crippen molar-refractivity contribution in [2.24, 2.45) is 0 Å². The van der Waals surface area contributed by atoms with Crippen LogP contribution in [-0.4, -0.2) is 31.5 Å². The third-order valence-corrected chi connectivity index (χ3v) is 3.08. The van der Waals surface area contributed by atoms with Gasteiger partial charge in [0.25, 0.3) is 0 Å². The second kappa shape index (κ2) is 7.21. The normalized spacial score (nSPS) is 22.9. The van der Waals surface area contributed by atoms with Crippen molar-refractivity contribution in [1.82, 2.24) is 5.32 Å². The second-order valence-electron chi connectivity index (χ2n) is 4.63. The van der Waals surface area contributed by atoms with Crippen LogP contribution in [0.2, 0.25) is 0 Å². The maximum absolute atomic E-state index is 12.1. The van der Waals surface area contributed by atoms with Gasteiger partial charge in [0, 0.05) is 19.1 Å². The molecule has 0 radical (unpaired) electrons. The van der Waals surface area contributed by atoms with E-state index in [1.165, 1.54) is 0 Å². The van der Waals surface area contributed by atoms with Gasteiger partial charge in [-0.15, -0.1) is 0 Å². The van der Waals surface area contributed by atoms with Crippen LogP contribution in [0.4, 0.5) is 13.2 Å². The zero-order chi connectivity index (χ0) is 12.7. The van der Waals surface area contributed by atoms with Gasteiger partial charge in [-0.25, -0.2) is 0 Å². The SMILES string of the molecule is CCNC(CCCC(F)(F)F)CC1CCCO1. The molecule has 5 heteroatoms. The average Bonchev–Trinajstić information content (AvgIpc) is 2.68. The smallest absolute Gasteiger partial charge is 0.378 e. The van der Waals surface area contributed by atoms with Gasteiger partial charge < -0.3 is 10.1 Å². The fourth-order valence-electron chi connectivity index (χ4n) is 2.29. The third kappa shape index (κ3) is 6.88. The van der Waals surface area contributed by atoms with Crippen molar-refractivity contribution in [2.45, 2.75) is 63.8 Å². The number of alkyl halides is 3. The van der Waals surface area contributed by atoms with E-state index in [2.05, 4.69) is 5.32 Å². The first-order chi connectivity index (χ1) is 8.01. The van der Waals surface area contributed by atoms with Crippen molar-refractivity contribution in [1.29, 1.82) is 0 Å². The van der Waals surface area contributed by atoms with E-state index in [4.69, 9.17) is 4.74 Å². The van der Waals surface area contributed by atoms with Gasteiger partial charge in [-0.05, 0) is 38.6 Å². The van der Waals surface area contributed by atoms with Gasteiger partial charge in [0.2, 0.25) is 0 Å². The second-order valence-corrected chi connectivity index (χ2v) is 4.63. The van der Waals surface area contributed by atoms with Gasteiger partial charge in [-0.1, -0.05) is 6.92 Å². The van der Waals surface area contributed by atoms with Gasteiger partial charge in [0.05, 0.1) is 6.10 Å². The van der Waals surface area contributed by atoms with E-state index < -0.39 is 12.6 Å². The molecule has 2 atom stereocenters. The van der Waals surface area contributed by atoms with Gasteiger partial charge in [0.1, 0.15) is 0 Å². The molecule has 0 amide bonds. The molecule has 0 aromatic heterocycles. The lowest BCUT2D eigenvalue weighted by Gasteiger charge is -2.21. The van der Waals surface area contributed by atoms with Gasteiger partial charge in [0.15, 0.2) is 0 Å². The number of hydrogen-bond donors (Lipinski definition) is 1. The van der Waals surface area contributed by atoms with E-state index in [1.54, 1.807) is 0 Å². The molecule has 0 aromatic carbocycles. The van der Waals surface area contributed by atoms with E-state index in [-0.39, 0.29) is 18.6 Å². The first kappa shape index (κ1) is 14.8. The van der Waals surface area contributed by atoms with E-state index in [0.717, 1.165) is 32.4 Å². The minimum Gasteiger partial charge on any atom is -0.378 e. The van der Waals surface area contributed by atoms with Crippen LogP contribution in [0, 0.1) is 0 Å². The molecule has 0 spiro atoms. The van der Waals surface area contributed by atoms with E-state index in [1.807, 2.05) is 6.92 Å². The highest BCUT2D eigenvalue weighted by Gasteiger charge is 2.27. The number of nitrogens with one attached hydrogen (secondary N) is 1. The molecule has 0 aliphatic carbocycles. The summed E-state index contributed by atoms with van der Waals surface area (Å²) in [5.41, 5.74) is 0. The summed E-state index contributed by atoms with van der Waals surface area (Å²) in [5.74, 6) is 0.